The third-order valence-corrected chi connectivity index (χ3v) is 9.85. The predicted octanol–water partition coefficient (Wildman–Crippen LogP) is 2.37. The zero-order chi connectivity index (χ0) is 28.8. The number of Topliss-reactive ketones (excluding diaryl/α,β-unsaturated/α-hetero) is 1. The number of likely N-dealkylation sites (N-methyl/N-ethyl adjacent to an activating group) is 2. The van der Waals surface area contributed by atoms with Crippen molar-refractivity contribution >= 4 is 39.1 Å². The lowest BCUT2D eigenvalue weighted by atomic mass is 9.82. The molecule has 3 heterocycles. The third-order valence-electron chi connectivity index (χ3n) is 7.96. The van der Waals surface area contributed by atoms with Crippen LogP contribution >= 0.6 is 0 Å². The number of para-hydroxylation sites is 1. The van der Waals surface area contributed by atoms with Crippen molar-refractivity contribution in [1.82, 2.24) is 14.1 Å². The number of aliphatic hydroxyl groups excluding tert-OH is 1. The van der Waals surface area contributed by atoms with Gasteiger partial charge in [-0.2, -0.15) is 4.31 Å². The van der Waals surface area contributed by atoms with Crippen molar-refractivity contribution in [2.75, 3.05) is 51.7 Å². The number of hydrogen-bond donors (Lipinski definition) is 1. The third kappa shape index (κ3) is 4.15. The highest BCUT2D eigenvalue weighted by Crippen LogP contribution is 2.53. The molecular weight excluding hydrogens is 532 g/mol. The number of nitrogens with zero attached hydrogens (tertiary/aromatic N) is 4. The highest BCUT2D eigenvalue weighted by Gasteiger charge is 2.66. The zero-order valence-corrected chi connectivity index (χ0v) is 23.8. The number of ketones is 1. The van der Waals surface area contributed by atoms with Crippen molar-refractivity contribution in [2.24, 2.45) is 0 Å². The number of carbonyl (C=O) groups excluding carboxylic acids is 3. The van der Waals surface area contributed by atoms with E-state index in [0.29, 0.717) is 37.4 Å². The number of likely N-dealkylation sites (tertiary alicyclic amines) is 1. The maximum atomic E-state index is 14.3. The number of anilines is 1. The van der Waals surface area contributed by atoms with Gasteiger partial charge in [-0.1, -0.05) is 36.8 Å². The number of hydrogen-bond acceptors (Lipinski definition) is 7. The van der Waals surface area contributed by atoms with Gasteiger partial charge < -0.3 is 19.8 Å². The molecular formula is C29H34N4O6S. The summed E-state index contributed by atoms with van der Waals surface area (Å²) in [7, 11) is -0.198. The molecule has 0 unspecified atom stereocenters. The van der Waals surface area contributed by atoms with Crippen molar-refractivity contribution < 1.29 is 27.9 Å². The molecule has 1 spiro atoms. The van der Waals surface area contributed by atoms with Crippen molar-refractivity contribution in [3.63, 3.8) is 0 Å². The van der Waals surface area contributed by atoms with Gasteiger partial charge in [0.15, 0.2) is 5.54 Å². The molecule has 0 aliphatic carbocycles. The number of carbonyl (C=O) groups is 3. The van der Waals surface area contributed by atoms with Gasteiger partial charge in [-0.3, -0.25) is 14.4 Å². The number of amides is 2. The lowest BCUT2D eigenvalue weighted by molar-refractivity contribution is -0.143. The summed E-state index contributed by atoms with van der Waals surface area (Å²) >= 11 is 0. The van der Waals surface area contributed by atoms with E-state index in [1.807, 2.05) is 19.0 Å². The molecule has 0 saturated carbocycles. The van der Waals surface area contributed by atoms with Crippen LogP contribution < -0.4 is 4.90 Å². The van der Waals surface area contributed by atoms with E-state index in [2.05, 4.69) is 0 Å². The molecule has 1 N–H and O–H groups in total. The van der Waals surface area contributed by atoms with Crippen LogP contribution in [0, 0.1) is 0 Å². The van der Waals surface area contributed by atoms with Gasteiger partial charge in [0.2, 0.25) is 10.0 Å². The average molecular weight is 567 g/mol. The first kappa shape index (κ1) is 28.0. The molecule has 10 nitrogen and oxygen atoms in total. The molecule has 2 saturated heterocycles. The minimum Gasteiger partial charge on any atom is -0.507 e. The van der Waals surface area contributed by atoms with Crippen molar-refractivity contribution in [1.29, 1.82) is 0 Å². The predicted molar refractivity (Wildman–Crippen MR) is 150 cm³/mol. The molecule has 3 aliphatic rings. The van der Waals surface area contributed by atoms with Gasteiger partial charge in [-0.05, 0) is 52.1 Å². The summed E-state index contributed by atoms with van der Waals surface area (Å²) in [5.74, 6) is -2.96. The number of aliphatic hydroxyl groups is 1. The maximum absolute atomic E-state index is 14.3. The highest BCUT2D eigenvalue weighted by molar-refractivity contribution is 7.89. The minimum atomic E-state index is -3.84. The molecule has 3 aliphatic heterocycles. The number of piperidine rings is 1. The lowest BCUT2D eigenvalue weighted by Gasteiger charge is -2.35. The van der Waals surface area contributed by atoms with Gasteiger partial charge in [0.05, 0.1) is 16.2 Å². The van der Waals surface area contributed by atoms with Crippen molar-refractivity contribution in [2.45, 2.75) is 36.6 Å². The Hall–Kier alpha value is -3.54. The quantitative estimate of drug-likeness (QED) is 0.311. The fraction of sp³-hybridized carbons (Fsp3) is 0.414. The summed E-state index contributed by atoms with van der Waals surface area (Å²) < 4.78 is 28.2. The van der Waals surface area contributed by atoms with Gasteiger partial charge in [0.1, 0.15) is 5.76 Å². The molecule has 0 radical (unpaired) electrons. The van der Waals surface area contributed by atoms with E-state index in [-0.39, 0.29) is 22.6 Å². The molecule has 2 fully saturated rings. The first-order chi connectivity index (χ1) is 19.1. The van der Waals surface area contributed by atoms with Gasteiger partial charge >= 0.3 is 0 Å². The molecule has 1 atom stereocenters. The first-order valence-corrected chi connectivity index (χ1v) is 15.0. The minimum absolute atomic E-state index is 0.0253. The van der Waals surface area contributed by atoms with Crippen LogP contribution in [0.1, 0.15) is 37.3 Å². The molecule has 40 heavy (non-hydrogen) atoms. The van der Waals surface area contributed by atoms with Crippen molar-refractivity contribution in [3.8, 4) is 0 Å². The number of benzene rings is 2. The second kappa shape index (κ2) is 10.5. The smallest absolute Gasteiger partial charge is 0.296 e. The summed E-state index contributed by atoms with van der Waals surface area (Å²) in [5.41, 5.74) is -1.19. The molecule has 11 heteroatoms. The topological polar surface area (TPSA) is 119 Å². The summed E-state index contributed by atoms with van der Waals surface area (Å²) in [6.07, 6.45) is 2.50. The van der Waals surface area contributed by atoms with E-state index in [0.717, 1.165) is 19.3 Å². The van der Waals surface area contributed by atoms with Gasteiger partial charge in [0.25, 0.3) is 17.6 Å². The SMILES string of the molecule is CCN1C(=O)[C@@]2(C(=C(O)c3cccc(S(=O)(=O)N4CCCCC4)c3)C(=O)C(=O)N2CCN(C)C)c2ccccc21. The number of rotatable bonds is 7. The second-order valence-electron chi connectivity index (χ2n) is 10.6. The van der Waals surface area contributed by atoms with Crippen LogP contribution in [-0.4, -0.2) is 92.0 Å². The second-order valence-corrected chi connectivity index (χ2v) is 12.5. The number of sulfonamides is 1. The molecule has 2 aromatic carbocycles. The standard InChI is InChI=1S/C29H34N4O6S/c1-4-32-23-14-7-6-13-22(23)29(28(32)37)24(26(35)27(36)33(29)18-17-30(2)3)25(34)20-11-10-12-21(19-20)40(38,39)31-15-8-5-9-16-31/h6-7,10-14,19,34H,4-5,8-9,15-18H2,1-3H3/t29-/m0/s1. The summed E-state index contributed by atoms with van der Waals surface area (Å²) in [4.78, 5) is 46.1. The van der Waals surface area contributed by atoms with Crippen LogP contribution in [0.5, 0.6) is 0 Å². The van der Waals surface area contributed by atoms with Crippen molar-refractivity contribution in [3.05, 3.63) is 65.2 Å². The fourth-order valence-electron chi connectivity index (χ4n) is 5.98. The maximum Gasteiger partial charge on any atom is 0.296 e. The summed E-state index contributed by atoms with van der Waals surface area (Å²) in [6, 6.07) is 12.7. The van der Waals surface area contributed by atoms with Gasteiger partial charge in [-0.25, -0.2) is 8.42 Å². The van der Waals surface area contributed by atoms with Crippen LogP contribution in [0.2, 0.25) is 0 Å². The monoisotopic (exact) mass is 566 g/mol. The fourth-order valence-corrected chi connectivity index (χ4v) is 7.55. The highest BCUT2D eigenvalue weighted by atomic mass is 32.2. The lowest BCUT2D eigenvalue weighted by Crippen LogP contribution is -2.53. The van der Waals surface area contributed by atoms with Crippen LogP contribution in [0.4, 0.5) is 5.69 Å². The van der Waals surface area contributed by atoms with E-state index in [4.69, 9.17) is 0 Å². The average Bonchev–Trinajstić information content (AvgIpc) is 3.34. The molecule has 212 valence electrons. The summed E-state index contributed by atoms with van der Waals surface area (Å²) in [5, 5.41) is 11.7. The van der Waals surface area contributed by atoms with E-state index in [1.54, 1.807) is 31.2 Å². The Balaban J connectivity index is 1.72. The van der Waals surface area contributed by atoms with Gasteiger partial charge in [0, 0.05) is 43.9 Å². The molecule has 5 rings (SSSR count). The van der Waals surface area contributed by atoms with E-state index < -0.39 is 38.9 Å². The zero-order valence-electron chi connectivity index (χ0n) is 23.0. The first-order valence-electron chi connectivity index (χ1n) is 13.5. The molecule has 2 aromatic rings. The van der Waals surface area contributed by atoms with Crippen LogP contribution in [0.15, 0.2) is 59.0 Å². The Bertz CT molecular complexity index is 1510. The van der Waals surface area contributed by atoms with E-state index >= 15 is 0 Å². The Kier molecular flexibility index (Phi) is 7.32. The Morgan fingerprint density at radius 3 is 2.38 bits per heavy atom. The van der Waals surface area contributed by atoms with Crippen LogP contribution in [0.25, 0.3) is 5.76 Å². The van der Waals surface area contributed by atoms with E-state index in [1.165, 1.54) is 38.4 Å². The Morgan fingerprint density at radius 2 is 1.70 bits per heavy atom. The molecule has 0 aromatic heterocycles. The van der Waals surface area contributed by atoms with Gasteiger partial charge in [-0.15, -0.1) is 0 Å². The summed E-state index contributed by atoms with van der Waals surface area (Å²) in [6.45, 7) is 3.35. The largest absolute Gasteiger partial charge is 0.507 e. The molecule has 2 amide bonds. The Morgan fingerprint density at radius 1 is 1.00 bits per heavy atom. The van der Waals surface area contributed by atoms with Crippen LogP contribution in [0.3, 0.4) is 0 Å². The van der Waals surface area contributed by atoms with E-state index in [9.17, 15) is 27.9 Å². The van der Waals surface area contributed by atoms with Crippen LogP contribution in [-0.2, 0) is 29.9 Å². The Labute approximate surface area is 234 Å². The normalized spacial score (nSPS) is 23.1. The molecule has 0 bridgehead atoms. The number of fused-ring (bicyclic) bond motifs is 2.